The lowest BCUT2D eigenvalue weighted by Gasteiger charge is -2.43. The molecule has 0 aromatic heterocycles. The molecule has 0 spiro atoms. The first kappa shape index (κ1) is 13.5. The van der Waals surface area contributed by atoms with Crippen molar-refractivity contribution in [2.45, 2.75) is 37.0 Å². The van der Waals surface area contributed by atoms with Crippen molar-refractivity contribution in [3.8, 4) is 0 Å². The third-order valence-electron chi connectivity index (χ3n) is 4.67. The minimum Gasteiger partial charge on any atom is -0.359 e. The van der Waals surface area contributed by atoms with Gasteiger partial charge in [-0.1, -0.05) is 12.2 Å². The van der Waals surface area contributed by atoms with Crippen molar-refractivity contribution in [3.05, 3.63) is 25.3 Å². The number of hydrogen-bond acceptors (Lipinski definition) is 4. The van der Waals surface area contributed by atoms with Gasteiger partial charge in [-0.3, -0.25) is 14.9 Å². The summed E-state index contributed by atoms with van der Waals surface area (Å²) >= 11 is 0. The van der Waals surface area contributed by atoms with Crippen molar-refractivity contribution in [3.63, 3.8) is 0 Å². The highest BCUT2D eigenvalue weighted by Crippen LogP contribution is 2.46. The smallest absolute Gasteiger partial charge is 0.256 e. The van der Waals surface area contributed by atoms with Gasteiger partial charge in [-0.05, 0) is 31.7 Å². The van der Waals surface area contributed by atoms with Crippen LogP contribution in [0.2, 0.25) is 0 Å². The topological polar surface area (TPSA) is 67.4 Å². The van der Waals surface area contributed by atoms with Crippen LogP contribution in [0.5, 0.6) is 0 Å². The second kappa shape index (κ2) is 4.82. The second-order valence-electron chi connectivity index (χ2n) is 5.96. The van der Waals surface area contributed by atoms with E-state index in [1.54, 1.807) is 0 Å². The first-order valence-electron chi connectivity index (χ1n) is 7.09. The number of nitrogens with one attached hydrogen (secondary N) is 2. The molecule has 0 radical (unpaired) electrons. The Morgan fingerprint density at radius 1 is 1.30 bits per heavy atom. The van der Waals surface area contributed by atoms with Gasteiger partial charge in [0.15, 0.2) is 6.10 Å². The fraction of sp³-hybridized carbons (Fsp3) is 0.600. The van der Waals surface area contributed by atoms with E-state index in [2.05, 4.69) is 23.8 Å². The lowest BCUT2D eigenvalue weighted by molar-refractivity contribution is -0.138. The summed E-state index contributed by atoms with van der Waals surface area (Å²) in [4.78, 5) is 23.8. The molecule has 3 aliphatic heterocycles. The molecule has 0 aromatic rings. The summed E-state index contributed by atoms with van der Waals surface area (Å²) in [6.45, 7) is 8.41. The number of fused-ring (bicyclic) bond motifs is 3. The molecule has 108 valence electrons. The van der Waals surface area contributed by atoms with Gasteiger partial charge >= 0.3 is 0 Å². The Balaban J connectivity index is 1.90. The summed E-state index contributed by atoms with van der Waals surface area (Å²) in [6.07, 6.45) is 5.44. The van der Waals surface area contributed by atoms with Crippen LogP contribution in [0, 0.1) is 11.8 Å². The monoisotopic (exact) mass is 276 g/mol. The molecule has 20 heavy (non-hydrogen) atoms. The number of imide groups is 1. The van der Waals surface area contributed by atoms with Gasteiger partial charge in [0.05, 0.1) is 17.6 Å². The fourth-order valence-corrected chi connectivity index (χ4v) is 3.93. The van der Waals surface area contributed by atoms with Crippen molar-refractivity contribution in [2.75, 3.05) is 6.54 Å². The Kier molecular flexibility index (Phi) is 3.26. The lowest BCUT2D eigenvalue weighted by atomic mass is 9.74. The van der Waals surface area contributed by atoms with Crippen LogP contribution in [0.4, 0.5) is 0 Å². The molecular formula is C15H20N2O3. The molecule has 5 heteroatoms. The fourth-order valence-electron chi connectivity index (χ4n) is 3.93. The summed E-state index contributed by atoms with van der Waals surface area (Å²) in [5.41, 5.74) is -0.490. The highest BCUT2D eigenvalue weighted by Gasteiger charge is 2.63. The Labute approximate surface area is 118 Å². The maximum absolute atomic E-state index is 12.0. The number of carbonyl (C=O) groups is 2. The quantitative estimate of drug-likeness (QED) is 0.580. The van der Waals surface area contributed by atoms with E-state index in [0.29, 0.717) is 12.3 Å². The van der Waals surface area contributed by atoms with E-state index in [1.807, 2.05) is 12.2 Å². The summed E-state index contributed by atoms with van der Waals surface area (Å²) < 4.78 is 6.08. The van der Waals surface area contributed by atoms with Gasteiger partial charge in [-0.15, -0.1) is 13.2 Å². The van der Waals surface area contributed by atoms with Crippen LogP contribution in [0.3, 0.4) is 0 Å². The molecule has 0 bridgehead atoms. The molecule has 3 aliphatic rings. The first-order chi connectivity index (χ1) is 9.61. The van der Waals surface area contributed by atoms with Crippen molar-refractivity contribution < 1.29 is 14.3 Å². The van der Waals surface area contributed by atoms with Crippen LogP contribution in [0.1, 0.15) is 19.3 Å². The van der Waals surface area contributed by atoms with Gasteiger partial charge in [0.2, 0.25) is 5.91 Å². The van der Waals surface area contributed by atoms with Crippen LogP contribution < -0.4 is 10.6 Å². The van der Waals surface area contributed by atoms with Crippen LogP contribution in [0.25, 0.3) is 0 Å². The number of carbonyl (C=O) groups excluding carboxylic acids is 2. The van der Waals surface area contributed by atoms with Gasteiger partial charge in [-0.25, -0.2) is 0 Å². The third kappa shape index (κ3) is 1.84. The number of ether oxygens (including phenoxy) is 1. The minimum atomic E-state index is -0.651. The van der Waals surface area contributed by atoms with Crippen LogP contribution >= 0.6 is 0 Å². The molecule has 2 amide bonds. The minimum absolute atomic E-state index is 0.113. The largest absolute Gasteiger partial charge is 0.359 e. The molecule has 0 aliphatic carbocycles. The molecule has 2 N–H and O–H groups in total. The van der Waals surface area contributed by atoms with Gasteiger partial charge in [-0.2, -0.15) is 0 Å². The Morgan fingerprint density at radius 3 is 2.80 bits per heavy atom. The maximum Gasteiger partial charge on any atom is 0.256 e. The first-order valence-corrected chi connectivity index (χ1v) is 7.09. The molecule has 3 rings (SSSR count). The van der Waals surface area contributed by atoms with Gasteiger partial charge in [0, 0.05) is 0 Å². The standard InChI is InChI=1S/C15H20N2O3/c1-3-5-9-7-15(6-4-2)12(16-8-9)10-11(20-15)14(19)17-13(10)18/h3-4,9-12,16H,1-2,5-8H2,(H,17,18,19)/t9-,10?,11?,12?,15?/m1/s1. The van der Waals surface area contributed by atoms with Crippen LogP contribution in [0.15, 0.2) is 25.3 Å². The lowest BCUT2D eigenvalue weighted by Crippen LogP contribution is -2.58. The number of piperidine rings is 1. The molecule has 3 heterocycles. The zero-order valence-corrected chi connectivity index (χ0v) is 11.4. The van der Waals surface area contributed by atoms with E-state index in [-0.39, 0.29) is 17.9 Å². The molecule has 0 saturated carbocycles. The van der Waals surface area contributed by atoms with Crippen LogP contribution in [-0.2, 0) is 14.3 Å². The second-order valence-corrected chi connectivity index (χ2v) is 5.96. The average Bonchev–Trinajstić information content (AvgIpc) is 2.86. The van der Waals surface area contributed by atoms with Crippen molar-refractivity contribution >= 4 is 11.8 Å². The van der Waals surface area contributed by atoms with Crippen LogP contribution in [-0.4, -0.2) is 36.1 Å². The highest BCUT2D eigenvalue weighted by atomic mass is 16.5. The zero-order chi connectivity index (χ0) is 14.3. The van der Waals surface area contributed by atoms with E-state index in [1.165, 1.54) is 0 Å². The van der Waals surface area contributed by atoms with E-state index < -0.39 is 17.6 Å². The Bertz CT molecular complexity index is 476. The van der Waals surface area contributed by atoms with E-state index in [0.717, 1.165) is 19.4 Å². The molecular weight excluding hydrogens is 256 g/mol. The van der Waals surface area contributed by atoms with E-state index in [9.17, 15) is 9.59 Å². The summed E-state index contributed by atoms with van der Waals surface area (Å²) in [5, 5.41) is 5.79. The average molecular weight is 276 g/mol. The predicted molar refractivity (Wildman–Crippen MR) is 73.8 cm³/mol. The maximum atomic E-state index is 12.0. The van der Waals surface area contributed by atoms with E-state index >= 15 is 0 Å². The number of allylic oxidation sites excluding steroid dienone is 1. The summed E-state index contributed by atoms with van der Waals surface area (Å²) in [5.74, 6) is -0.515. The molecule has 3 fully saturated rings. The third-order valence-corrected chi connectivity index (χ3v) is 4.67. The summed E-state index contributed by atoms with van der Waals surface area (Å²) in [6, 6.07) is -0.113. The zero-order valence-electron chi connectivity index (χ0n) is 11.4. The molecule has 0 aromatic carbocycles. The number of rotatable bonds is 4. The van der Waals surface area contributed by atoms with Gasteiger partial charge in [0.1, 0.15) is 0 Å². The van der Waals surface area contributed by atoms with Crippen molar-refractivity contribution in [1.29, 1.82) is 0 Å². The van der Waals surface area contributed by atoms with Gasteiger partial charge in [0.25, 0.3) is 5.91 Å². The molecule has 5 atom stereocenters. The molecule has 5 nitrogen and oxygen atoms in total. The number of amides is 2. The molecule has 4 unspecified atom stereocenters. The molecule has 3 saturated heterocycles. The van der Waals surface area contributed by atoms with E-state index in [4.69, 9.17) is 4.74 Å². The highest BCUT2D eigenvalue weighted by molar-refractivity contribution is 6.07. The Hall–Kier alpha value is -1.46. The number of hydrogen-bond donors (Lipinski definition) is 2. The Morgan fingerprint density at radius 2 is 2.10 bits per heavy atom. The normalized spacial score (nSPS) is 42.8. The van der Waals surface area contributed by atoms with Crippen molar-refractivity contribution in [1.82, 2.24) is 10.6 Å². The summed E-state index contributed by atoms with van der Waals surface area (Å²) in [7, 11) is 0. The SMILES string of the molecule is C=CC[C@H]1CNC2C3C(=O)NC(=O)C3OC2(CC=C)C1. The van der Waals surface area contributed by atoms with Gasteiger partial charge < -0.3 is 10.1 Å². The van der Waals surface area contributed by atoms with Crippen molar-refractivity contribution in [2.24, 2.45) is 11.8 Å². The predicted octanol–water partition coefficient (Wildman–Crippen LogP) is 0.527.